The van der Waals surface area contributed by atoms with Gasteiger partial charge in [-0.1, -0.05) is 50.2 Å². The highest BCUT2D eigenvalue weighted by atomic mass is 16.3. The quantitative estimate of drug-likeness (QED) is 0.475. The number of rotatable bonds is 6. The molecule has 0 amide bonds. The third-order valence-corrected chi connectivity index (χ3v) is 5.17. The topological polar surface area (TPSA) is 80.9 Å². The molecule has 0 spiro atoms. The Labute approximate surface area is 165 Å². The highest BCUT2D eigenvalue weighted by Crippen LogP contribution is 2.33. The van der Waals surface area contributed by atoms with Crippen LogP contribution in [0.2, 0.25) is 0 Å². The van der Waals surface area contributed by atoms with Crippen LogP contribution in [0.15, 0.2) is 60.7 Å². The molecular weight excluding hydrogens is 352 g/mol. The lowest BCUT2D eigenvalue weighted by Crippen LogP contribution is -2.02. The zero-order chi connectivity index (χ0) is 20.3. The third-order valence-electron chi connectivity index (χ3n) is 5.17. The first kappa shape index (κ1) is 19.6. The molecule has 0 aliphatic carbocycles. The highest BCUT2D eigenvalue weighted by molar-refractivity contribution is 5.43. The summed E-state index contributed by atoms with van der Waals surface area (Å²) in [5.74, 6) is 0.549. The molecule has 4 N–H and O–H groups in total. The van der Waals surface area contributed by atoms with E-state index in [9.17, 15) is 20.4 Å². The zero-order valence-electron chi connectivity index (χ0n) is 16.1. The summed E-state index contributed by atoms with van der Waals surface area (Å²) in [7, 11) is 0. The van der Waals surface area contributed by atoms with E-state index in [0.717, 1.165) is 24.0 Å². The Bertz CT molecular complexity index is 890. The maximum Gasteiger partial charge on any atom is 0.122 e. The van der Waals surface area contributed by atoms with Crippen LogP contribution in [0.5, 0.6) is 23.0 Å². The molecular formula is C24H26O4. The molecule has 0 aliphatic heterocycles. The van der Waals surface area contributed by atoms with E-state index in [0.29, 0.717) is 0 Å². The molecule has 3 aromatic rings. The molecule has 0 heterocycles. The molecule has 3 aromatic carbocycles. The number of hydrogen-bond donors (Lipinski definition) is 4. The molecule has 0 radical (unpaired) electrons. The van der Waals surface area contributed by atoms with Crippen LogP contribution < -0.4 is 0 Å². The van der Waals surface area contributed by atoms with Gasteiger partial charge in [-0.25, -0.2) is 0 Å². The molecule has 0 bridgehead atoms. The predicted molar refractivity (Wildman–Crippen MR) is 110 cm³/mol. The van der Waals surface area contributed by atoms with Crippen molar-refractivity contribution in [2.75, 3.05) is 0 Å². The molecule has 4 nitrogen and oxygen atoms in total. The monoisotopic (exact) mass is 378 g/mol. The molecule has 4 heteroatoms. The van der Waals surface area contributed by atoms with Crippen molar-refractivity contribution >= 4 is 0 Å². The van der Waals surface area contributed by atoms with Crippen LogP contribution in [0.25, 0.3) is 0 Å². The summed E-state index contributed by atoms with van der Waals surface area (Å²) in [5.41, 5.74) is 3.95. The van der Waals surface area contributed by atoms with Crippen molar-refractivity contribution in [2.45, 2.75) is 38.5 Å². The van der Waals surface area contributed by atoms with Crippen LogP contribution in [0, 0.1) is 0 Å². The fourth-order valence-electron chi connectivity index (χ4n) is 3.71. The SMILES string of the molecule is CC(Cc1cccc(CC(C)c2ccc(O)cc2O)c1)c1ccc(O)cc1O. The van der Waals surface area contributed by atoms with E-state index in [4.69, 9.17) is 0 Å². The fourth-order valence-corrected chi connectivity index (χ4v) is 3.71. The van der Waals surface area contributed by atoms with Crippen LogP contribution in [-0.4, -0.2) is 20.4 Å². The van der Waals surface area contributed by atoms with Crippen molar-refractivity contribution in [3.05, 3.63) is 82.9 Å². The van der Waals surface area contributed by atoms with Gasteiger partial charge in [-0.05, 0) is 59.1 Å². The van der Waals surface area contributed by atoms with Gasteiger partial charge < -0.3 is 20.4 Å². The summed E-state index contributed by atoms with van der Waals surface area (Å²) < 4.78 is 0. The standard InChI is InChI=1S/C24H26O4/c1-15(21-8-6-19(25)13-23(21)27)10-17-4-3-5-18(12-17)11-16(2)22-9-7-20(26)14-24(22)28/h3-9,12-16,25-28H,10-11H2,1-2H3. The molecule has 28 heavy (non-hydrogen) atoms. The Morgan fingerprint density at radius 1 is 0.607 bits per heavy atom. The number of aromatic hydroxyl groups is 4. The number of phenols is 4. The predicted octanol–water partition coefficient (Wildman–Crippen LogP) is 5.20. The molecule has 0 aliphatic rings. The minimum atomic E-state index is 0.0573. The van der Waals surface area contributed by atoms with Gasteiger partial charge >= 0.3 is 0 Å². The molecule has 2 unspecified atom stereocenters. The van der Waals surface area contributed by atoms with E-state index >= 15 is 0 Å². The third kappa shape index (κ3) is 4.58. The van der Waals surface area contributed by atoms with Gasteiger partial charge in [-0.15, -0.1) is 0 Å². The van der Waals surface area contributed by atoms with Crippen molar-refractivity contribution in [3.8, 4) is 23.0 Å². The minimum Gasteiger partial charge on any atom is -0.508 e. The van der Waals surface area contributed by atoms with E-state index in [1.807, 2.05) is 6.07 Å². The number of phenolic OH excluding ortho intramolecular Hbond substituents is 4. The lowest BCUT2D eigenvalue weighted by atomic mass is 9.89. The summed E-state index contributed by atoms with van der Waals surface area (Å²) in [6.45, 7) is 4.10. The number of benzene rings is 3. The second-order valence-electron chi connectivity index (χ2n) is 7.52. The minimum absolute atomic E-state index is 0.0573. The highest BCUT2D eigenvalue weighted by Gasteiger charge is 2.14. The maximum atomic E-state index is 10.1. The van der Waals surface area contributed by atoms with E-state index < -0.39 is 0 Å². The van der Waals surface area contributed by atoms with Crippen molar-refractivity contribution in [1.82, 2.24) is 0 Å². The average Bonchev–Trinajstić information content (AvgIpc) is 2.61. The van der Waals surface area contributed by atoms with E-state index in [1.165, 1.54) is 23.3 Å². The summed E-state index contributed by atoms with van der Waals surface area (Å²) in [6.07, 6.45) is 1.54. The summed E-state index contributed by atoms with van der Waals surface area (Å²) in [5, 5.41) is 39.1. The molecule has 0 fully saturated rings. The Morgan fingerprint density at radius 3 is 1.43 bits per heavy atom. The normalized spacial score (nSPS) is 13.2. The molecule has 2 atom stereocenters. The van der Waals surface area contributed by atoms with Crippen LogP contribution in [0.3, 0.4) is 0 Å². The second kappa shape index (κ2) is 8.26. The van der Waals surface area contributed by atoms with Gasteiger partial charge in [0.25, 0.3) is 0 Å². The first-order valence-electron chi connectivity index (χ1n) is 9.45. The van der Waals surface area contributed by atoms with E-state index in [1.54, 1.807) is 24.3 Å². The Kier molecular flexibility index (Phi) is 5.78. The Hall–Kier alpha value is -3.14. The molecule has 0 saturated carbocycles. The fraction of sp³-hybridized carbons (Fsp3) is 0.250. The lowest BCUT2D eigenvalue weighted by molar-refractivity contribution is 0.441. The van der Waals surface area contributed by atoms with Gasteiger partial charge in [0.2, 0.25) is 0 Å². The maximum absolute atomic E-state index is 10.1. The van der Waals surface area contributed by atoms with Gasteiger partial charge in [-0.2, -0.15) is 0 Å². The van der Waals surface area contributed by atoms with Crippen LogP contribution in [-0.2, 0) is 12.8 Å². The zero-order valence-corrected chi connectivity index (χ0v) is 16.1. The first-order chi connectivity index (χ1) is 13.3. The molecule has 146 valence electrons. The smallest absolute Gasteiger partial charge is 0.122 e. The van der Waals surface area contributed by atoms with Gasteiger partial charge in [0.1, 0.15) is 23.0 Å². The van der Waals surface area contributed by atoms with Gasteiger partial charge in [-0.3, -0.25) is 0 Å². The van der Waals surface area contributed by atoms with Crippen LogP contribution in [0.4, 0.5) is 0 Å². The lowest BCUT2D eigenvalue weighted by Gasteiger charge is -2.16. The average molecular weight is 378 g/mol. The van der Waals surface area contributed by atoms with Gasteiger partial charge in [0.15, 0.2) is 0 Å². The molecule has 3 rings (SSSR count). The van der Waals surface area contributed by atoms with Crippen LogP contribution in [0.1, 0.15) is 47.9 Å². The van der Waals surface area contributed by atoms with Gasteiger partial charge in [0.05, 0.1) is 0 Å². The van der Waals surface area contributed by atoms with Gasteiger partial charge in [0, 0.05) is 12.1 Å². The van der Waals surface area contributed by atoms with E-state index in [-0.39, 0.29) is 34.8 Å². The summed E-state index contributed by atoms with van der Waals surface area (Å²) in [6, 6.07) is 17.8. The first-order valence-corrected chi connectivity index (χ1v) is 9.45. The Balaban J connectivity index is 1.73. The summed E-state index contributed by atoms with van der Waals surface area (Å²) in [4.78, 5) is 0. The number of hydrogen-bond acceptors (Lipinski definition) is 4. The van der Waals surface area contributed by atoms with Crippen molar-refractivity contribution in [3.63, 3.8) is 0 Å². The Morgan fingerprint density at radius 2 is 1.04 bits per heavy atom. The molecule has 0 saturated heterocycles. The van der Waals surface area contributed by atoms with Crippen molar-refractivity contribution in [1.29, 1.82) is 0 Å². The molecule has 0 aromatic heterocycles. The van der Waals surface area contributed by atoms with Crippen molar-refractivity contribution < 1.29 is 20.4 Å². The van der Waals surface area contributed by atoms with Crippen molar-refractivity contribution in [2.24, 2.45) is 0 Å². The summed E-state index contributed by atoms with van der Waals surface area (Å²) >= 11 is 0. The largest absolute Gasteiger partial charge is 0.508 e. The second-order valence-corrected chi connectivity index (χ2v) is 7.52. The van der Waals surface area contributed by atoms with E-state index in [2.05, 4.69) is 32.0 Å². The van der Waals surface area contributed by atoms with Crippen LogP contribution >= 0.6 is 0 Å².